The Balaban J connectivity index is 1.33. The van der Waals surface area contributed by atoms with Gasteiger partial charge in [-0.25, -0.2) is 9.97 Å². The lowest BCUT2D eigenvalue weighted by Crippen LogP contribution is -2.20. The first-order valence-corrected chi connectivity index (χ1v) is 13.8. The fourth-order valence-corrected chi connectivity index (χ4v) is 4.95. The van der Waals surface area contributed by atoms with Crippen molar-refractivity contribution in [2.75, 3.05) is 6.61 Å². The zero-order valence-corrected chi connectivity index (χ0v) is 21.2. The molecule has 0 N–H and O–H groups in total. The average molecular weight is 451 g/mol. The Bertz CT molecular complexity index is 748. The number of hydrogen-bond acceptors (Lipinski definition) is 3. The molecule has 1 fully saturated rings. The summed E-state index contributed by atoms with van der Waals surface area (Å²) in [4.78, 5) is 9.47. The number of aromatic nitrogens is 2. The van der Waals surface area contributed by atoms with Gasteiger partial charge >= 0.3 is 0 Å². The molecule has 1 aromatic carbocycles. The third kappa shape index (κ3) is 9.47. The van der Waals surface area contributed by atoms with Gasteiger partial charge in [-0.2, -0.15) is 0 Å². The molecule has 1 aliphatic rings. The minimum absolute atomic E-state index is 0.520. The van der Waals surface area contributed by atoms with Gasteiger partial charge in [0.1, 0.15) is 11.6 Å². The molecule has 0 spiro atoms. The van der Waals surface area contributed by atoms with Gasteiger partial charge in [-0.05, 0) is 80.5 Å². The number of rotatable bonds is 15. The summed E-state index contributed by atoms with van der Waals surface area (Å²) in [5.74, 6) is 3.24. The highest BCUT2D eigenvalue weighted by atomic mass is 16.5. The molecule has 0 saturated heterocycles. The van der Waals surface area contributed by atoms with Crippen molar-refractivity contribution in [3.63, 3.8) is 0 Å². The Labute approximate surface area is 202 Å². The fourth-order valence-electron chi connectivity index (χ4n) is 4.95. The van der Waals surface area contributed by atoms with Crippen LogP contribution in [0.5, 0.6) is 5.75 Å². The summed E-state index contributed by atoms with van der Waals surface area (Å²) >= 11 is 0. The molecule has 1 aromatic heterocycles. The SMILES string of the molecule is CCCCCCCc1cnc(C2CCC(COc3ccc(CCCCCC)cc3)CC2)nc1. The Morgan fingerprint density at radius 3 is 1.91 bits per heavy atom. The summed E-state index contributed by atoms with van der Waals surface area (Å²) in [7, 11) is 0. The van der Waals surface area contributed by atoms with Crippen molar-refractivity contribution < 1.29 is 4.74 Å². The van der Waals surface area contributed by atoms with E-state index >= 15 is 0 Å². The van der Waals surface area contributed by atoms with E-state index in [9.17, 15) is 0 Å². The lowest BCUT2D eigenvalue weighted by molar-refractivity contribution is 0.198. The monoisotopic (exact) mass is 450 g/mol. The number of unbranched alkanes of at least 4 members (excludes halogenated alkanes) is 7. The molecule has 1 heterocycles. The van der Waals surface area contributed by atoms with E-state index in [1.165, 1.54) is 101 Å². The number of ether oxygens (including phenoxy) is 1. The van der Waals surface area contributed by atoms with Crippen LogP contribution in [0.2, 0.25) is 0 Å². The molecule has 3 heteroatoms. The summed E-state index contributed by atoms with van der Waals surface area (Å²) in [5.41, 5.74) is 2.73. The third-order valence-electron chi connectivity index (χ3n) is 7.23. The van der Waals surface area contributed by atoms with Gasteiger partial charge in [0.2, 0.25) is 0 Å². The lowest BCUT2D eigenvalue weighted by Gasteiger charge is -2.27. The second-order valence-electron chi connectivity index (χ2n) is 10.1. The Kier molecular flexibility index (Phi) is 11.8. The first-order valence-electron chi connectivity index (χ1n) is 13.8. The summed E-state index contributed by atoms with van der Waals surface area (Å²) in [6.07, 6.45) is 23.1. The molecule has 33 heavy (non-hydrogen) atoms. The van der Waals surface area contributed by atoms with Crippen molar-refractivity contribution in [2.24, 2.45) is 5.92 Å². The predicted molar refractivity (Wildman–Crippen MR) is 139 cm³/mol. The Hall–Kier alpha value is -1.90. The van der Waals surface area contributed by atoms with E-state index in [2.05, 4.69) is 50.5 Å². The maximum atomic E-state index is 6.13. The van der Waals surface area contributed by atoms with Gasteiger partial charge in [-0.1, -0.05) is 70.9 Å². The highest BCUT2D eigenvalue weighted by molar-refractivity contribution is 5.27. The van der Waals surface area contributed by atoms with Gasteiger partial charge in [0.15, 0.2) is 0 Å². The summed E-state index contributed by atoms with van der Waals surface area (Å²) in [6, 6.07) is 8.79. The van der Waals surface area contributed by atoms with Gasteiger partial charge in [0.05, 0.1) is 6.61 Å². The summed E-state index contributed by atoms with van der Waals surface area (Å²) in [6.45, 7) is 5.36. The van der Waals surface area contributed by atoms with E-state index in [-0.39, 0.29) is 0 Å². The number of benzene rings is 1. The highest BCUT2D eigenvalue weighted by Gasteiger charge is 2.24. The van der Waals surface area contributed by atoms with Crippen LogP contribution < -0.4 is 4.74 Å². The van der Waals surface area contributed by atoms with Crippen molar-refractivity contribution in [1.29, 1.82) is 0 Å². The molecule has 0 radical (unpaired) electrons. The van der Waals surface area contributed by atoms with Crippen molar-refractivity contribution in [3.8, 4) is 5.75 Å². The van der Waals surface area contributed by atoms with Crippen molar-refractivity contribution in [3.05, 3.63) is 53.6 Å². The maximum absolute atomic E-state index is 6.13. The van der Waals surface area contributed by atoms with Gasteiger partial charge in [-0.15, -0.1) is 0 Å². The van der Waals surface area contributed by atoms with Crippen LogP contribution in [-0.2, 0) is 12.8 Å². The minimum Gasteiger partial charge on any atom is -0.493 e. The first kappa shape index (κ1) is 25.7. The fraction of sp³-hybridized carbons (Fsp3) is 0.667. The summed E-state index contributed by atoms with van der Waals surface area (Å²) in [5, 5.41) is 0. The van der Waals surface area contributed by atoms with E-state index < -0.39 is 0 Å². The van der Waals surface area contributed by atoms with Crippen LogP contribution >= 0.6 is 0 Å². The van der Waals surface area contributed by atoms with Crippen LogP contribution in [0.1, 0.15) is 120 Å². The molecule has 3 nitrogen and oxygen atoms in total. The molecule has 0 aliphatic heterocycles. The topological polar surface area (TPSA) is 35.0 Å². The molecule has 2 aromatic rings. The lowest BCUT2D eigenvalue weighted by atomic mass is 9.82. The van der Waals surface area contributed by atoms with Gasteiger partial charge in [-0.3, -0.25) is 0 Å². The Morgan fingerprint density at radius 2 is 1.27 bits per heavy atom. The second-order valence-corrected chi connectivity index (χ2v) is 10.1. The first-order chi connectivity index (χ1) is 16.3. The molecule has 0 atom stereocenters. The Morgan fingerprint density at radius 1 is 0.697 bits per heavy atom. The zero-order valence-electron chi connectivity index (χ0n) is 21.2. The number of nitrogens with zero attached hydrogens (tertiary/aromatic N) is 2. The smallest absolute Gasteiger partial charge is 0.131 e. The zero-order chi connectivity index (χ0) is 23.1. The number of aryl methyl sites for hydroxylation is 2. The van der Waals surface area contributed by atoms with E-state index in [1.54, 1.807) is 0 Å². The molecule has 1 aliphatic carbocycles. The molecular formula is C30H46N2O. The van der Waals surface area contributed by atoms with Gasteiger partial charge in [0, 0.05) is 18.3 Å². The van der Waals surface area contributed by atoms with E-state index in [0.717, 1.165) is 24.6 Å². The van der Waals surface area contributed by atoms with Gasteiger partial charge < -0.3 is 4.74 Å². The van der Waals surface area contributed by atoms with Crippen LogP contribution in [0.4, 0.5) is 0 Å². The van der Waals surface area contributed by atoms with Crippen LogP contribution in [0.15, 0.2) is 36.7 Å². The predicted octanol–water partition coefficient (Wildman–Crippen LogP) is 8.47. The maximum Gasteiger partial charge on any atom is 0.131 e. The molecule has 1 saturated carbocycles. The normalized spacial score (nSPS) is 18.4. The van der Waals surface area contributed by atoms with Crippen LogP contribution in [0, 0.1) is 5.92 Å². The van der Waals surface area contributed by atoms with Crippen LogP contribution in [0.3, 0.4) is 0 Å². The van der Waals surface area contributed by atoms with Crippen molar-refractivity contribution >= 4 is 0 Å². The van der Waals surface area contributed by atoms with Crippen molar-refractivity contribution in [1.82, 2.24) is 9.97 Å². The second kappa shape index (κ2) is 15.1. The van der Waals surface area contributed by atoms with E-state index in [0.29, 0.717) is 11.8 Å². The molecular weight excluding hydrogens is 404 g/mol. The van der Waals surface area contributed by atoms with E-state index in [4.69, 9.17) is 14.7 Å². The largest absolute Gasteiger partial charge is 0.493 e. The van der Waals surface area contributed by atoms with Crippen molar-refractivity contribution in [2.45, 2.75) is 116 Å². The van der Waals surface area contributed by atoms with Crippen LogP contribution in [0.25, 0.3) is 0 Å². The average Bonchev–Trinajstić information content (AvgIpc) is 2.87. The molecule has 0 amide bonds. The quantitative estimate of drug-likeness (QED) is 0.255. The van der Waals surface area contributed by atoms with Gasteiger partial charge in [0.25, 0.3) is 0 Å². The molecule has 0 unspecified atom stereocenters. The number of hydrogen-bond donors (Lipinski definition) is 0. The molecule has 0 bridgehead atoms. The van der Waals surface area contributed by atoms with E-state index in [1.807, 2.05) is 0 Å². The standard InChI is InChI=1S/C30H46N2O/c1-3-5-7-9-11-13-27-22-31-30(32-23-27)28-18-14-26(15-19-28)24-33-29-20-16-25(17-21-29)12-10-8-6-4-2/h16-17,20-23,26,28H,3-15,18-19,24H2,1-2H3. The van der Waals surface area contributed by atoms with Crippen LogP contribution in [-0.4, -0.2) is 16.6 Å². The summed E-state index contributed by atoms with van der Waals surface area (Å²) < 4.78 is 6.13. The minimum atomic E-state index is 0.520. The third-order valence-corrected chi connectivity index (χ3v) is 7.23. The highest BCUT2D eigenvalue weighted by Crippen LogP contribution is 2.34. The molecule has 182 valence electrons. The molecule has 3 rings (SSSR count).